The number of nitriles is 1. The number of benzene rings is 2. The lowest BCUT2D eigenvalue weighted by molar-refractivity contribution is 0.411. The molecule has 0 fully saturated rings. The van der Waals surface area contributed by atoms with Crippen molar-refractivity contribution in [2.75, 3.05) is 11.4 Å². The molecular formula is C21H21N3O. The number of aliphatic hydroxyl groups is 1. The Morgan fingerprint density at radius 3 is 2.28 bits per heavy atom. The van der Waals surface area contributed by atoms with Gasteiger partial charge in [0, 0.05) is 5.69 Å². The van der Waals surface area contributed by atoms with Gasteiger partial charge in [-0.1, -0.05) is 56.3 Å². The van der Waals surface area contributed by atoms with E-state index in [4.69, 9.17) is 5.41 Å². The lowest BCUT2D eigenvalue weighted by Gasteiger charge is -2.20. The second kappa shape index (κ2) is 6.82. The molecule has 25 heavy (non-hydrogen) atoms. The molecule has 0 radical (unpaired) electrons. The average molecular weight is 331 g/mol. The van der Waals surface area contributed by atoms with Crippen molar-refractivity contribution in [3.63, 3.8) is 0 Å². The lowest BCUT2D eigenvalue weighted by atomic mass is 9.90. The van der Waals surface area contributed by atoms with Gasteiger partial charge in [0.05, 0.1) is 24.1 Å². The third-order valence-corrected chi connectivity index (χ3v) is 4.54. The second-order valence-electron chi connectivity index (χ2n) is 6.56. The quantitative estimate of drug-likeness (QED) is 0.852. The number of aliphatic hydroxyl groups excluding tert-OH is 1. The normalized spacial score (nSPS) is 15.6. The van der Waals surface area contributed by atoms with Gasteiger partial charge >= 0.3 is 0 Å². The highest BCUT2D eigenvalue weighted by atomic mass is 16.3. The Labute approximate surface area is 148 Å². The second-order valence-corrected chi connectivity index (χ2v) is 6.56. The fourth-order valence-electron chi connectivity index (χ4n) is 3.18. The molecule has 1 aliphatic heterocycles. The van der Waals surface area contributed by atoms with Gasteiger partial charge in [0.15, 0.2) is 0 Å². The summed E-state index contributed by atoms with van der Waals surface area (Å²) in [5, 5.41) is 28.2. The third kappa shape index (κ3) is 3.14. The van der Waals surface area contributed by atoms with Gasteiger partial charge in [0.1, 0.15) is 11.6 Å². The van der Waals surface area contributed by atoms with Crippen molar-refractivity contribution in [2.45, 2.75) is 19.8 Å². The Kier molecular flexibility index (Phi) is 4.58. The predicted molar refractivity (Wildman–Crippen MR) is 101 cm³/mol. The smallest absolute Gasteiger partial charge is 0.137 e. The van der Waals surface area contributed by atoms with Crippen LogP contribution >= 0.6 is 0 Å². The van der Waals surface area contributed by atoms with E-state index in [0.29, 0.717) is 5.57 Å². The summed E-state index contributed by atoms with van der Waals surface area (Å²) in [4.78, 5) is 1.78. The molecule has 0 saturated heterocycles. The fraction of sp³-hybridized carbons (Fsp3) is 0.238. The maximum atomic E-state index is 10.4. The van der Waals surface area contributed by atoms with Crippen molar-refractivity contribution < 1.29 is 5.11 Å². The summed E-state index contributed by atoms with van der Waals surface area (Å²) in [6, 6.07) is 19.6. The summed E-state index contributed by atoms with van der Waals surface area (Å²) in [5.41, 5.74) is 3.23. The van der Waals surface area contributed by atoms with Crippen LogP contribution < -0.4 is 4.90 Å². The van der Waals surface area contributed by atoms with Gasteiger partial charge in [-0.15, -0.1) is 0 Å². The first-order valence-electron chi connectivity index (χ1n) is 8.36. The zero-order valence-corrected chi connectivity index (χ0v) is 14.4. The van der Waals surface area contributed by atoms with Crippen LogP contribution in [0.25, 0.3) is 5.57 Å². The zero-order chi connectivity index (χ0) is 18.0. The van der Waals surface area contributed by atoms with Crippen molar-refractivity contribution in [3.05, 3.63) is 71.5 Å². The van der Waals surface area contributed by atoms with Gasteiger partial charge < -0.3 is 10.0 Å². The molecule has 0 aliphatic carbocycles. The van der Waals surface area contributed by atoms with Gasteiger partial charge in [0.2, 0.25) is 0 Å². The number of nitrogens with one attached hydrogen (secondary N) is 1. The maximum absolute atomic E-state index is 10.4. The first-order valence-corrected chi connectivity index (χ1v) is 8.36. The molecule has 126 valence electrons. The molecule has 0 spiro atoms. The SMILES string of the molecule is CC(C)[C@@H](C#N)c1ccc(N2CC(O)=C(c3ccccc3)C2=N)cc1. The Morgan fingerprint density at radius 2 is 1.72 bits per heavy atom. The summed E-state index contributed by atoms with van der Waals surface area (Å²) >= 11 is 0. The van der Waals surface area contributed by atoms with Crippen molar-refractivity contribution in [1.82, 2.24) is 0 Å². The Balaban J connectivity index is 1.85. The van der Waals surface area contributed by atoms with Crippen LogP contribution in [0.5, 0.6) is 0 Å². The molecule has 1 heterocycles. The van der Waals surface area contributed by atoms with E-state index in [1.54, 1.807) is 4.90 Å². The van der Waals surface area contributed by atoms with Crippen molar-refractivity contribution in [1.29, 1.82) is 10.7 Å². The minimum Gasteiger partial charge on any atom is -0.510 e. The fourth-order valence-corrected chi connectivity index (χ4v) is 3.18. The van der Waals surface area contributed by atoms with E-state index in [2.05, 4.69) is 6.07 Å². The first kappa shape index (κ1) is 16.8. The highest BCUT2D eigenvalue weighted by Crippen LogP contribution is 2.32. The predicted octanol–water partition coefficient (Wildman–Crippen LogP) is 4.72. The van der Waals surface area contributed by atoms with Gasteiger partial charge in [-0.3, -0.25) is 5.41 Å². The molecule has 0 amide bonds. The summed E-state index contributed by atoms with van der Waals surface area (Å²) in [5.74, 6) is 0.601. The van der Waals surface area contributed by atoms with Gasteiger partial charge in [-0.05, 0) is 29.2 Å². The van der Waals surface area contributed by atoms with E-state index < -0.39 is 0 Å². The van der Waals surface area contributed by atoms with Crippen molar-refractivity contribution in [3.8, 4) is 6.07 Å². The van der Waals surface area contributed by atoms with Crippen LogP contribution in [-0.4, -0.2) is 17.5 Å². The van der Waals surface area contributed by atoms with Crippen LogP contribution in [0.3, 0.4) is 0 Å². The number of anilines is 1. The molecule has 4 nitrogen and oxygen atoms in total. The van der Waals surface area contributed by atoms with Gasteiger partial charge in [0.25, 0.3) is 0 Å². The van der Waals surface area contributed by atoms with E-state index in [-0.39, 0.29) is 30.0 Å². The molecule has 0 saturated carbocycles. The Morgan fingerprint density at radius 1 is 1.08 bits per heavy atom. The highest BCUT2D eigenvalue weighted by Gasteiger charge is 2.29. The van der Waals surface area contributed by atoms with E-state index in [0.717, 1.165) is 16.8 Å². The van der Waals surface area contributed by atoms with Crippen LogP contribution in [0.2, 0.25) is 0 Å². The third-order valence-electron chi connectivity index (χ3n) is 4.54. The number of hydrogen-bond acceptors (Lipinski definition) is 3. The standard InChI is InChI=1S/C21H21N3O/c1-14(2)18(12-22)15-8-10-17(11-9-15)24-13-19(25)20(21(24)23)16-6-4-3-5-7-16/h3-11,14,18,23,25H,13H2,1-2H3/t18-/m1/s1. The van der Waals surface area contributed by atoms with Crippen molar-refractivity contribution in [2.24, 2.45) is 5.92 Å². The number of nitrogens with zero attached hydrogens (tertiary/aromatic N) is 2. The molecule has 1 atom stereocenters. The minimum absolute atomic E-state index is 0.140. The van der Waals surface area contributed by atoms with Crippen LogP contribution in [0.15, 0.2) is 60.4 Å². The molecule has 1 aliphatic rings. The topological polar surface area (TPSA) is 71.1 Å². The van der Waals surface area contributed by atoms with Crippen LogP contribution in [0.1, 0.15) is 30.9 Å². The lowest BCUT2D eigenvalue weighted by Crippen LogP contribution is -2.26. The van der Waals surface area contributed by atoms with E-state index in [9.17, 15) is 10.4 Å². The molecule has 2 aromatic rings. The van der Waals surface area contributed by atoms with E-state index in [1.165, 1.54) is 0 Å². The average Bonchev–Trinajstić information content (AvgIpc) is 2.91. The van der Waals surface area contributed by atoms with E-state index in [1.807, 2.05) is 68.4 Å². The highest BCUT2D eigenvalue weighted by molar-refractivity contribution is 6.30. The van der Waals surface area contributed by atoms with Crippen LogP contribution in [-0.2, 0) is 0 Å². The number of rotatable bonds is 4. The molecule has 0 bridgehead atoms. The molecule has 2 N–H and O–H groups in total. The van der Waals surface area contributed by atoms with E-state index >= 15 is 0 Å². The largest absolute Gasteiger partial charge is 0.510 e. The molecule has 2 aromatic carbocycles. The Bertz CT molecular complexity index is 845. The summed E-state index contributed by atoms with van der Waals surface area (Å²) in [7, 11) is 0. The molecule has 4 heteroatoms. The van der Waals surface area contributed by atoms with Crippen LogP contribution in [0.4, 0.5) is 5.69 Å². The van der Waals surface area contributed by atoms with Gasteiger partial charge in [-0.25, -0.2) is 0 Å². The number of hydrogen-bond donors (Lipinski definition) is 2. The van der Waals surface area contributed by atoms with Crippen LogP contribution in [0, 0.1) is 22.7 Å². The molecule has 0 aromatic heterocycles. The maximum Gasteiger partial charge on any atom is 0.137 e. The Hall–Kier alpha value is -3.06. The number of amidine groups is 1. The summed E-state index contributed by atoms with van der Waals surface area (Å²) in [6.45, 7) is 4.35. The summed E-state index contributed by atoms with van der Waals surface area (Å²) in [6.07, 6.45) is 0. The first-order chi connectivity index (χ1) is 12.0. The zero-order valence-electron chi connectivity index (χ0n) is 14.4. The molecule has 3 rings (SSSR count). The van der Waals surface area contributed by atoms with Crippen molar-refractivity contribution >= 4 is 17.1 Å². The molecular weight excluding hydrogens is 310 g/mol. The monoisotopic (exact) mass is 331 g/mol. The summed E-state index contributed by atoms with van der Waals surface area (Å²) < 4.78 is 0. The minimum atomic E-state index is -0.140. The van der Waals surface area contributed by atoms with Gasteiger partial charge in [-0.2, -0.15) is 5.26 Å². The molecule has 0 unspecified atom stereocenters.